The van der Waals surface area contributed by atoms with Crippen LogP contribution in [0.1, 0.15) is 18.9 Å². The molecule has 1 fully saturated rings. The van der Waals surface area contributed by atoms with Crippen molar-refractivity contribution in [2.24, 2.45) is 5.41 Å². The maximum absolute atomic E-state index is 9.51. The van der Waals surface area contributed by atoms with Gasteiger partial charge in [0.25, 0.3) is 0 Å². The summed E-state index contributed by atoms with van der Waals surface area (Å²) in [6.07, 6.45) is 2.08. The number of aliphatic hydroxyl groups excluding tert-OH is 1. The minimum atomic E-state index is -0.0406. The Morgan fingerprint density at radius 3 is 3.07 bits per heavy atom. The third kappa shape index (κ3) is 1.72. The Hall–Kier alpha value is -0.380. The molecule has 2 unspecified atom stereocenters. The molecule has 1 aromatic rings. The number of rotatable bonds is 3. The summed E-state index contributed by atoms with van der Waals surface area (Å²) >= 11 is 1.71. The summed E-state index contributed by atoms with van der Waals surface area (Å²) in [5.41, 5.74) is 1.28. The van der Waals surface area contributed by atoms with Crippen molar-refractivity contribution < 1.29 is 9.84 Å². The maximum atomic E-state index is 9.51. The lowest BCUT2D eigenvalue weighted by Crippen LogP contribution is -2.34. The van der Waals surface area contributed by atoms with E-state index < -0.39 is 0 Å². The smallest absolute Gasteiger partial charge is 0.0629 e. The molecular formula is C11H16O2S. The summed E-state index contributed by atoms with van der Waals surface area (Å²) < 4.78 is 5.55. The van der Waals surface area contributed by atoms with E-state index in [0.717, 1.165) is 19.4 Å². The normalized spacial score (nSPS) is 32.3. The molecule has 0 amide bonds. The summed E-state index contributed by atoms with van der Waals surface area (Å²) in [4.78, 5) is 0. The largest absolute Gasteiger partial charge is 0.396 e. The van der Waals surface area contributed by atoms with Crippen molar-refractivity contribution >= 4 is 11.3 Å². The maximum Gasteiger partial charge on any atom is 0.0629 e. The molecule has 3 heteroatoms. The van der Waals surface area contributed by atoms with E-state index in [-0.39, 0.29) is 18.1 Å². The Labute approximate surface area is 88.5 Å². The van der Waals surface area contributed by atoms with Crippen molar-refractivity contribution in [1.29, 1.82) is 0 Å². The van der Waals surface area contributed by atoms with Crippen LogP contribution in [0.3, 0.4) is 0 Å². The van der Waals surface area contributed by atoms with Crippen LogP contribution in [0.15, 0.2) is 16.8 Å². The zero-order valence-electron chi connectivity index (χ0n) is 8.40. The minimum Gasteiger partial charge on any atom is -0.396 e. The zero-order valence-corrected chi connectivity index (χ0v) is 9.22. The Morgan fingerprint density at radius 1 is 1.71 bits per heavy atom. The van der Waals surface area contributed by atoms with E-state index in [1.165, 1.54) is 5.56 Å². The average Bonchev–Trinajstić information content (AvgIpc) is 2.79. The van der Waals surface area contributed by atoms with Gasteiger partial charge in [-0.25, -0.2) is 0 Å². The molecule has 2 heterocycles. The SMILES string of the molecule is CC1OCCC1(CO)Cc1ccsc1. The van der Waals surface area contributed by atoms with Crippen molar-refractivity contribution in [2.45, 2.75) is 25.9 Å². The fourth-order valence-corrected chi connectivity index (χ4v) is 2.78. The molecule has 14 heavy (non-hydrogen) atoms. The molecule has 2 rings (SSSR count). The molecule has 0 saturated carbocycles. The van der Waals surface area contributed by atoms with Crippen LogP contribution >= 0.6 is 11.3 Å². The molecule has 0 spiro atoms. The van der Waals surface area contributed by atoms with Crippen molar-refractivity contribution in [1.82, 2.24) is 0 Å². The second-order valence-corrected chi connectivity index (χ2v) is 4.87. The number of ether oxygens (including phenoxy) is 1. The lowest BCUT2D eigenvalue weighted by molar-refractivity contribution is 0.0272. The second-order valence-electron chi connectivity index (χ2n) is 4.09. The topological polar surface area (TPSA) is 29.5 Å². The fraction of sp³-hybridized carbons (Fsp3) is 0.636. The molecule has 0 aliphatic carbocycles. The van der Waals surface area contributed by atoms with Gasteiger partial charge in [0.15, 0.2) is 0 Å². The predicted molar refractivity (Wildman–Crippen MR) is 57.6 cm³/mol. The van der Waals surface area contributed by atoms with Crippen LogP contribution < -0.4 is 0 Å². The van der Waals surface area contributed by atoms with Gasteiger partial charge >= 0.3 is 0 Å². The van der Waals surface area contributed by atoms with E-state index in [1.807, 2.05) is 0 Å². The molecule has 2 atom stereocenters. The zero-order chi connectivity index (χ0) is 10.0. The van der Waals surface area contributed by atoms with Gasteiger partial charge in [0.05, 0.1) is 12.7 Å². The molecule has 0 radical (unpaired) electrons. The third-order valence-corrected chi connectivity index (χ3v) is 4.01. The second kappa shape index (κ2) is 4.01. The molecule has 78 valence electrons. The van der Waals surface area contributed by atoms with Gasteiger partial charge in [-0.05, 0) is 42.2 Å². The Morgan fingerprint density at radius 2 is 2.57 bits per heavy atom. The highest BCUT2D eigenvalue weighted by atomic mass is 32.1. The first kappa shape index (κ1) is 10.1. The number of thiophene rings is 1. The summed E-state index contributed by atoms with van der Waals surface area (Å²) in [7, 11) is 0. The average molecular weight is 212 g/mol. The molecule has 2 nitrogen and oxygen atoms in total. The van der Waals surface area contributed by atoms with Gasteiger partial charge in [-0.3, -0.25) is 0 Å². The van der Waals surface area contributed by atoms with Crippen molar-refractivity contribution in [3.63, 3.8) is 0 Å². The van der Waals surface area contributed by atoms with Crippen LogP contribution in [0.2, 0.25) is 0 Å². The van der Waals surface area contributed by atoms with E-state index >= 15 is 0 Å². The van der Waals surface area contributed by atoms with Crippen LogP contribution in [-0.2, 0) is 11.2 Å². The Bertz CT molecular complexity index is 283. The van der Waals surface area contributed by atoms with Crippen LogP contribution in [0, 0.1) is 5.41 Å². The van der Waals surface area contributed by atoms with Gasteiger partial charge in [0.1, 0.15) is 0 Å². The summed E-state index contributed by atoms with van der Waals surface area (Å²) in [6, 6.07) is 2.13. The molecule has 1 saturated heterocycles. The van der Waals surface area contributed by atoms with E-state index in [0.29, 0.717) is 0 Å². The lowest BCUT2D eigenvalue weighted by atomic mass is 9.77. The van der Waals surface area contributed by atoms with Crippen LogP contribution in [0.5, 0.6) is 0 Å². The predicted octanol–water partition coefficient (Wildman–Crippen LogP) is 2.08. The molecule has 1 N–H and O–H groups in total. The van der Waals surface area contributed by atoms with Crippen molar-refractivity contribution in [3.8, 4) is 0 Å². The van der Waals surface area contributed by atoms with E-state index in [4.69, 9.17) is 4.74 Å². The van der Waals surface area contributed by atoms with E-state index in [9.17, 15) is 5.11 Å². The first-order valence-electron chi connectivity index (χ1n) is 5.00. The van der Waals surface area contributed by atoms with E-state index in [1.54, 1.807) is 11.3 Å². The number of aliphatic hydroxyl groups is 1. The van der Waals surface area contributed by atoms with Crippen LogP contribution in [-0.4, -0.2) is 24.4 Å². The summed E-state index contributed by atoms with van der Waals surface area (Å²) in [5, 5.41) is 13.7. The van der Waals surface area contributed by atoms with Crippen molar-refractivity contribution in [2.75, 3.05) is 13.2 Å². The first-order valence-corrected chi connectivity index (χ1v) is 5.95. The highest BCUT2D eigenvalue weighted by Crippen LogP contribution is 2.38. The molecule has 0 bridgehead atoms. The summed E-state index contributed by atoms with van der Waals surface area (Å²) in [5.74, 6) is 0. The lowest BCUT2D eigenvalue weighted by Gasteiger charge is -2.29. The van der Waals surface area contributed by atoms with Crippen LogP contribution in [0.4, 0.5) is 0 Å². The quantitative estimate of drug-likeness (QED) is 0.831. The van der Waals surface area contributed by atoms with Gasteiger partial charge in [0.2, 0.25) is 0 Å². The van der Waals surface area contributed by atoms with Crippen molar-refractivity contribution in [3.05, 3.63) is 22.4 Å². The van der Waals surface area contributed by atoms with Crippen LogP contribution in [0.25, 0.3) is 0 Å². The minimum absolute atomic E-state index is 0.0406. The Balaban J connectivity index is 2.13. The molecule has 1 aliphatic rings. The Kier molecular flexibility index (Phi) is 2.91. The number of hydrogen-bond donors (Lipinski definition) is 1. The summed E-state index contributed by atoms with van der Waals surface area (Å²) in [6.45, 7) is 3.07. The highest BCUT2D eigenvalue weighted by Gasteiger charge is 2.40. The molecule has 0 aromatic carbocycles. The third-order valence-electron chi connectivity index (χ3n) is 3.28. The molecule has 1 aliphatic heterocycles. The van der Waals surface area contributed by atoms with Gasteiger partial charge in [-0.15, -0.1) is 0 Å². The monoisotopic (exact) mass is 212 g/mol. The first-order chi connectivity index (χ1) is 6.77. The van der Waals surface area contributed by atoms with Gasteiger partial charge in [-0.2, -0.15) is 11.3 Å². The number of hydrogen-bond acceptors (Lipinski definition) is 3. The highest BCUT2D eigenvalue weighted by molar-refractivity contribution is 7.07. The fourth-order valence-electron chi connectivity index (χ4n) is 2.11. The molecule has 1 aromatic heterocycles. The molecular weight excluding hydrogens is 196 g/mol. The van der Waals surface area contributed by atoms with Gasteiger partial charge < -0.3 is 9.84 Å². The van der Waals surface area contributed by atoms with E-state index in [2.05, 4.69) is 23.8 Å². The van der Waals surface area contributed by atoms with Gasteiger partial charge in [0, 0.05) is 12.0 Å². The standard InChI is InChI=1S/C11H16O2S/c1-9-11(8-12,3-4-13-9)6-10-2-5-14-7-10/h2,5,7,9,12H,3-4,6,8H2,1H3. The van der Waals surface area contributed by atoms with Gasteiger partial charge in [-0.1, -0.05) is 0 Å².